The first-order valence-corrected chi connectivity index (χ1v) is 10.4. The van der Waals surface area contributed by atoms with E-state index in [-0.39, 0.29) is 23.3 Å². The monoisotopic (exact) mass is 395 g/mol. The van der Waals surface area contributed by atoms with Crippen LogP contribution in [0.25, 0.3) is 0 Å². The van der Waals surface area contributed by atoms with Gasteiger partial charge in [-0.25, -0.2) is 8.42 Å². The van der Waals surface area contributed by atoms with Gasteiger partial charge in [0.2, 0.25) is 0 Å². The van der Waals surface area contributed by atoms with Crippen molar-refractivity contribution in [3.05, 3.63) is 52.5 Å². The lowest BCUT2D eigenvalue weighted by molar-refractivity contribution is -0.118. The molecule has 5 nitrogen and oxygen atoms in total. The number of benzene rings is 2. The van der Waals surface area contributed by atoms with Gasteiger partial charge in [0.05, 0.1) is 4.90 Å². The predicted molar refractivity (Wildman–Crippen MR) is 104 cm³/mol. The van der Waals surface area contributed by atoms with E-state index in [9.17, 15) is 13.2 Å². The first-order chi connectivity index (χ1) is 12.1. The molecule has 0 fully saturated rings. The van der Waals surface area contributed by atoms with Gasteiger partial charge in [0.25, 0.3) is 5.91 Å². The van der Waals surface area contributed by atoms with Crippen molar-refractivity contribution >= 4 is 33.0 Å². The molecule has 1 amide bonds. The average molecular weight is 396 g/mol. The molecule has 0 radical (unpaired) electrons. The molecule has 0 atom stereocenters. The largest absolute Gasteiger partial charge is 0.483 e. The van der Waals surface area contributed by atoms with E-state index in [4.69, 9.17) is 16.3 Å². The Morgan fingerprint density at radius 2 is 1.92 bits per heavy atom. The third-order valence-corrected chi connectivity index (χ3v) is 5.34. The zero-order valence-corrected chi connectivity index (χ0v) is 16.7. The summed E-state index contributed by atoms with van der Waals surface area (Å²) in [6.07, 6.45) is 1.12. The Bertz CT molecular complexity index is 923. The van der Waals surface area contributed by atoms with Gasteiger partial charge in [0.1, 0.15) is 5.75 Å². The first kappa shape index (κ1) is 20.3. The molecule has 1 N–H and O–H groups in total. The SMILES string of the molecule is Cc1cc(OCC(=O)Nc2cccc(S(C)(=O)=O)c2)c(C(C)C)cc1Cl. The number of rotatable bonds is 6. The van der Waals surface area contributed by atoms with E-state index in [2.05, 4.69) is 5.32 Å². The number of amides is 1. The van der Waals surface area contributed by atoms with Crippen LogP contribution in [0.5, 0.6) is 5.75 Å². The molecular formula is C19H22ClNO4S. The van der Waals surface area contributed by atoms with Crippen molar-refractivity contribution in [1.29, 1.82) is 0 Å². The molecule has 2 aromatic carbocycles. The van der Waals surface area contributed by atoms with Crippen molar-refractivity contribution in [1.82, 2.24) is 0 Å². The fourth-order valence-corrected chi connectivity index (χ4v) is 3.23. The van der Waals surface area contributed by atoms with Crippen molar-refractivity contribution in [3.8, 4) is 5.75 Å². The molecule has 0 saturated heterocycles. The Morgan fingerprint density at radius 1 is 1.23 bits per heavy atom. The number of carbonyl (C=O) groups excluding carboxylic acids is 1. The molecule has 0 aliphatic rings. The second-order valence-electron chi connectivity index (χ2n) is 6.43. The number of anilines is 1. The highest BCUT2D eigenvalue weighted by Crippen LogP contribution is 2.32. The summed E-state index contributed by atoms with van der Waals surface area (Å²) in [5, 5.41) is 3.30. The summed E-state index contributed by atoms with van der Waals surface area (Å²) in [6, 6.07) is 9.76. The van der Waals surface area contributed by atoms with Gasteiger partial charge in [-0.1, -0.05) is 31.5 Å². The number of hydrogen-bond acceptors (Lipinski definition) is 4. The molecule has 0 unspecified atom stereocenters. The molecule has 0 saturated carbocycles. The Balaban J connectivity index is 2.09. The van der Waals surface area contributed by atoms with E-state index in [0.717, 1.165) is 17.4 Å². The Hall–Kier alpha value is -2.05. The van der Waals surface area contributed by atoms with E-state index < -0.39 is 9.84 Å². The van der Waals surface area contributed by atoms with E-state index in [1.165, 1.54) is 12.1 Å². The summed E-state index contributed by atoms with van der Waals surface area (Å²) in [5.41, 5.74) is 2.19. The number of hydrogen-bond donors (Lipinski definition) is 1. The third-order valence-electron chi connectivity index (χ3n) is 3.82. The van der Waals surface area contributed by atoms with Gasteiger partial charge in [-0.2, -0.15) is 0 Å². The van der Waals surface area contributed by atoms with Crippen LogP contribution in [0, 0.1) is 6.92 Å². The topological polar surface area (TPSA) is 72.5 Å². The van der Waals surface area contributed by atoms with Gasteiger partial charge in [-0.15, -0.1) is 0 Å². The van der Waals surface area contributed by atoms with Gasteiger partial charge < -0.3 is 10.1 Å². The second-order valence-corrected chi connectivity index (χ2v) is 8.85. The molecule has 2 aromatic rings. The van der Waals surface area contributed by atoms with Gasteiger partial charge in [-0.3, -0.25) is 4.79 Å². The van der Waals surface area contributed by atoms with Crippen LogP contribution in [0.4, 0.5) is 5.69 Å². The van der Waals surface area contributed by atoms with Gasteiger partial charge in [-0.05, 0) is 54.3 Å². The first-order valence-electron chi connectivity index (χ1n) is 8.10. The van der Waals surface area contributed by atoms with Crippen LogP contribution >= 0.6 is 11.6 Å². The van der Waals surface area contributed by atoms with E-state index >= 15 is 0 Å². The van der Waals surface area contributed by atoms with Gasteiger partial charge >= 0.3 is 0 Å². The maximum atomic E-state index is 12.2. The van der Waals surface area contributed by atoms with Gasteiger partial charge in [0, 0.05) is 17.0 Å². The van der Waals surface area contributed by atoms with Crippen molar-refractivity contribution in [2.75, 3.05) is 18.2 Å². The lowest BCUT2D eigenvalue weighted by atomic mass is 10.0. The molecule has 7 heteroatoms. The fourth-order valence-electron chi connectivity index (χ4n) is 2.39. The predicted octanol–water partition coefficient (Wildman–Crippen LogP) is 4.19. The van der Waals surface area contributed by atoms with E-state index in [1.807, 2.05) is 32.9 Å². The number of nitrogens with one attached hydrogen (secondary N) is 1. The highest BCUT2D eigenvalue weighted by molar-refractivity contribution is 7.90. The molecule has 26 heavy (non-hydrogen) atoms. The maximum absolute atomic E-state index is 12.2. The number of ether oxygens (including phenoxy) is 1. The Labute approximate surface area is 159 Å². The molecule has 0 aromatic heterocycles. The standard InChI is InChI=1S/C19H22ClNO4S/c1-12(2)16-10-17(20)13(3)8-18(16)25-11-19(22)21-14-6-5-7-15(9-14)26(4,23)24/h5-10,12H,11H2,1-4H3,(H,21,22). The summed E-state index contributed by atoms with van der Waals surface area (Å²) in [4.78, 5) is 12.3. The fraction of sp³-hybridized carbons (Fsp3) is 0.316. The number of halogens is 1. The summed E-state index contributed by atoms with van der Waals surface area (Å²) < 4.78 is 28.9. The highest BCUT2D eigenvalue weighted by Gasteiger charge is 2.13. The molecule has 140 valence electrons. The summed E-state index contributed by atoms with van der Waals surface area (Å²) in [7, 11) is -3.34. The molecule has 0 aliphatic heterocycles. The van der Waals surface area contributed by atoms with Crippen molar-refractivity contribution in [3.63, 3.8) is 0 Å². The molecule has 0 bridgehead atoms. The number of carbonyl (C=O) groups is 1. The lowest BCUT2D eigenvalue weighted by Gasteiger charge is -2.16. The summed E-state index contributed by atoms with van der Waals surface area (Å²) in [5.74, 6) is 0.428. The zero-order valence-electron chi connectivity index (χ0n) is 15.2. The van der Waals surface area contributed by atoms with Crippen molar-refractivity contribution in [2.45, 2.75) is 31.6 Å². The molecular weight excluding hydrogens is 374 g/mol. The van der Waals surface area contributed by atoms with Crippen LogP contribution in [0.2, 0.25) is 5.02 Å². The second kappa shape index (κ2) is 8.10. The lowest BCUT2D eigenvalue weighted by Crippen LogP contribution is -2.20. The zero-order chi connectivity index (χ0) is 19.5. The summed E-state index contributed by atoms with van der Waals surface area (Å²) >= 11 is 6.17. The van der Waals surface area contributed by atoms with Crippen molar-refractivity contribution < 1.29 is 17.9 Å². The minimum Gasteiger partial charge on any atom is -0.483 e. The smallest absolute Gasteiger partial charge is 0.262 e. The summed E-state index contributed by atoms with van der Waals surface area (Å²) in [6.45, 7) is 5.72. The Morgan fingerprint density at radius 3 is 2.54 bits per heavy atom. The third kappa shape index (κ3) is 5.22. The van der Waals surface area contributed by atoms with Gasteiger partial charge in [0.15, 0.2) is 16.4 Å². The van der Waals surface area contributed by atoms with Crippen LogP contribution < -0.4 is 10.1 Å². The molecule has 2 rings (SSSR count). The quantitative estimate of drug-likeness (QED) is 0.795. The maximum Gasteiger partial charge on any atom is 0.262 e. The highest BCUT2D eigenvalue weighted by atomic mass is 35.5. The normalized spacial score (nSPS) is 11.5. The average Bonchev–Trinajstić information content (AvgIpc) is 2.54. The van der Waals surface area contributed by atoms with E-state index in [1.54, 1.807) is 12.1 Å². The molecule has 0 heterocycles. The van der Waals surface area contributed by atoms with Crippen LogP contribution in [-0.2, 0) is 14.6 Å². The van der Waals surface area contributed by atoms with Crippen LogP contribution in [-0.4, -0.2) is 27.2 Å². The van der Waals surface area contributed by atoms with Crippen LogP contribution in [0.15, 0.2) is 41.3 Å². The number of aryl methyl sites for hydroxylation is 1. The van der Waals surface area contributed by atoms with E-state index in [0.29, 0.717) is 16.5 Å². The Kier molecular flexibility index (Phi) is 6.31. The minimum atomic E-state index is -3.34. The molecule has 0 spiro atoms. The number of sulfone groups is 1. The van der Waals surface area contributed by atoms with Crippen LogP contribution in [0.3, 0.4) is 0 Å². The molecule has 0 aliphatic carbocycles. The minimum absolute atomic E-state index is 0.145. The van der Waals surface area contributed by atoms with Crippen molar-refractivity contribution in [2.24, 2.45) is 0 Å². The van der Waals surface area contributed by atoms with Crippen LogP contribution in [0.1, 0.15) is 30.9 Å².